The first-order chi connectivity index (χ1) is 10.8. The van der Waals surface area contributed by atoms with Crippen LogP contribution in [-0.4, -0.2) is 31.2 Å². The first kappa shape index (κ1) is 18.2. The van der Waals surface area contributed by atoms with Gasteiger partial charge in [-0.1, -0.05) is 6.42 Å². The molecule has 0 saturated carbocycles. The number of hydrogen-bond donors (Lipinski definition) is 2. The summed E-state index contributed by atoms with van der Waals surface area (Å²) in [6, 6.07) is 6.18. The van der Waals surface area contributed by atoms with E-state index < -0.39 is 14.8 Å². The minimum atomic E-state index is -3.22. The number of hydrogen-bond acceptors (Lipinski definition) is 5. The summed E-state index contributed by atoms with van der Waals surface area (Å²) in [6.45, 7) is 6.51. The van der Waals surface area contributed by atoms with Gasteiger partial charge >= 0.3 is 0 Å². The molecular weight excluding hydrogens is 330 g/mol. The van der Waals surface area contributed by atoms with Crippen LogP contribution < -0.4 is 10.0 Å². The molecule has 0 radical (unpaired) electrons. The van der Waals surface area contributed by atoms with Gasteiger partial charge in [0.15, 0.2) is 0 Å². The highest BCUT2D eigenvalue weighted by Crippen LogP contribution is 2.21. The molecule has 0 bridgehead atoms. The Morgan fingerprint density at radius 3 is 2.61 bits per heavy atom. The molecule has 0 atom stereocenters. The van der Waals surface area contributed by atoms with Crippen molar-refractivity contribution in [2.24, 2.45) is 0 Å². The summed E-state index contributed by atoms with van der Waals surface area (Å²) in [5.41, 5.74) is 3.99. The zero-order valence-corrected chi connectivity index (χ0v) is 15.6. The van der Waals surface area contributed by atoms with Gasteiger partial charge in [0.25, 0.3) is 0 Å². The highest BCUT2D eigenvalue weighted by atomic mass is 32.2. The number of nitrogens with zero attached hydrogens (tertiary/aromatic N) is 1. The summed E-state index contributed by atoms with van der Waals surface area (Å²) in [4.78, 5) is 4.26. The van der Waals surface area contributed by atoms with Gasteiger partial charge in [-0.05, 0) is 51.8 Å². The van der Waals surface area contributed by atoms with Crippen LogP contribution in [0, 0.1) is 0 Å². The van der Waals surface area contributed by atoms with Crippen molar-refractivity contribution in [1.29, 1.82) is 0 Å². The molecule has 0 aliphatic carbocycles. The maximum absolute atomic E-state index is 11.9. The molecule has 23 heavy (non-hydrogen) atoms. The van der Waals surface area contributed by atoms with E-state index in [1.807, 2.05) is 17.6 Å². The summed E-state index contributed by atoms with van der Waals surface area (Å²) < 4.78 is 26.9. The fourth-order valence-corrected chi connectivity index (χ4v) is 3.61. The van der Waals surface area contributed by atoms with E-state index in [2.05, 4.69) is 21.1 Å². The smallest absolute Gasteiger partial charge is 0.216 e. The number of fused-ring (bicyclic) bond motifs is 1. The van der Waals surface area contributed by atoms with Crippen molar-refractivity contribution in [3.63, 3.8) is 0 Å². The Hall–Kier alpha value is -1.18. The second kappa shape index (κ2) is 7.59. The van der Waals surface area contributed by atoms with E-state index in [1.165, 1.54) is 4.70 Å². The van der Waals surface area contributed by atoms with Crippen LogP contribution in [0.2, 0.25) is 0 Å². The molecular formula is C16H25N3O2S2. The summed E-state index contributed by atoms with van der Waals surface area (Å²) >= 11 is 1.64. The molecule has 0 aliphatic heterocycles. The average Bonchev–Trinajstić information content (AvgIpc) is 2.92. The van der Waals surface area contributed by atoms with Crippen LogP contribution in [0.3, 0.4) is 0 Å². The molecule has 2 rings (SSSR count). The number of rotatable bonds is 8. The van der Waals surface area contributed by atoms with Crippen LogP contribution in [-0.2, 0) is 10.0 Å². The van der Waals surface area contributed by atoms with Gasteiger partial charge in [-0.15, -0.1) is 11.3 Å². The van der Waals surface area contributed by atoms with Crippen LogP contribution in [0.15, 0.2) is 23.7 Å². The monoisotopic (exact) mass is 355 g/mol. The van der Waals surface area contributed by atoms with Gasteiger partial charge in [-0.3, -0.25) is 0 Å². The molecule has 0 fully saturated rings. The Morgan fingerprint density at radius 1 is 1.13 bits per heavy atom. The van der Waals surface area contributed by atoms with Gasteiger partial charge in [0.2, 0.25) is 10.0 Å². The maximum atomic E-state index is 11.9. The van der Waals surface area contributed by atoms with Gasteiger partial charge < -0.3 is 5.32 Å². The Bertz CT molecular complexity index is 733. The van der Waals surface area contributed by atoms with Crippen LogP contribution in [0.1, 0.15) is 40.0 Å². The van der Waals surface area contributed by atoms with E-state index in [1.54, 1.807) is 32.1 Å². The first-order valence-electron chi connectivity index (χ1n) is 7.86. The second-order valence-corrected chi connectivity index (χ2v) is 9.94. The maximum Gasteiger partial charge on any atom is 0.216 e. The zero-order chi connectivity index (χ0) is 16.9. The lowest BCUT2D eigenvalue weighted by molar-refractivity contribution is 0.540. The summed E-state index contributed by atoms with van der Waals surface area (Å²) in [5.74, 6) is 0. The zero-order valence-electron chi connectivity index (χ0n) is 13.9. The van der Waals surface area contributed by atoms with Gasteiger partial charge in [0, 0.05) is 18.8 Å². The lowest BCUT2D eigenvalue weighted by Gasteiger charge is -2.19. The second-order valence-electron chi connectivity index (χ2n) is 6.53. The van der Waals surface area contributed by atoms with Gasteiger partial charge in [0.05, 0.1) is 20.5 Å². The highest BCUT2D eigenvalue weighted by molar-refractivity contribution is 7.90. The molecule has 5 nitrogen and oxygen atoms in total. The molecule has 0 aliphatic rings. The molecule has 0 saturated heterocycles. The van der Waals surface area contributed by atoms with E-state index >= 15 is 0 Å². The van der Waals surface area contributed by atoms with Crippen molar-refractivity contribution < 1.29 is 8.42 Å². The molecule has 7 heteroatoms. The number of unbranched alkanes of at least 4 members (excludes halogenated alkanes) is 2. The fourth-order valence-electron chi connectivity index (χ4n) is 2.05. The molecule has 1 heterocycles. The Kier molecular flexibility index (Phi) is 6.00. The molecule has 0 unspecified atom stereocenters. The number of thiazole rings is 1. The third-order valence-electron chi connectivity index (χ3n) is 3.61. The number of sulfonamides is 1. The molecule has 1 aromatic heterocycles. The van der Waals surface area contributed by atoms with Crippen molar-refractivity contribution in [2.75, 3.05) is 18.4 Å². The fraction of sp³-hybridized carbons (Fsp3) is 0.562. The molecule has 0 amide bonds. The van der Waals surface area contributed by atoms with E-state index in [-0.39, 0.29) is 0 Å². The lowest BCUT2D eigenvalue weighted by atomic mass is 10.2. The Balaban J connectivity index is 1.63. The number of aromatic nitrogens is 1. The number of nitrogens with one attached hydrogen (secondary N) is 2. The SMILES string of the molecule is CC(C)(C)S(=O)(=O)NCCCCCNc1ccc2ncsc2c1. The van der Waals surface area contributed by atoms with Crippen LogP contribution in [0.4, 0.5) is 5.69 Å². The van der Waals surface area contributed by atoms with Crippen LogP contribution in [0.5, 0.6) is 0 Å². The number of benzene rings is 1. The van der Waals surface area contributed by atoms with Crippen molar-refractivity contribution in [1.82, 2.24) is 9.71 Å². The third-order valence-corrected chi connectivity index (χ3v) is 6.60. The molecule has 1 aromatic carbocycles. The number of anilines is 1. The highest BCUT2D eigenvalue weighted by Gasteiger charge is 2.27. The average molecular weight is 356 g/mol. The van der Waals surface area contributed by atoms with Gasteiger partial charge in [0.1, 0.15) is 0 Å². The summed E-state index contributed by atoms with van der Waals surface area (Å²) in [7, 11) is -3.22. The summed E-state index contributed by atoms with van der Waals surface area (Å²) in [5, 5.41) is 3.40. The Morgan fingerprint density at radius 2 is 1.87 bits per heavy atom. The molecule has 128 valence electrons. The van der Waals surface area contributed by atoms with Crippen LogP contribution in [0.25, 0.3) is 10.2 Å². The van der Waals surface area contributed by atoms with Crippen molar-refractivity contribution >= 4 is 37.3 Å². The normalized spacial score (nSPS) is 12.7. The van der Waals surface area contributed by atoms with Crippen molar-refractivity contribution in [3.05, 3.63) is 23.7 Å². The standard InChI is InChI=1S/C16H25N3O2S2/c1-16(2,3)23(20,21)19-10-6-4-5-9-17-13-7-8-14-15(11-13)22-12-18-14/h7-8,11-12,17,19H,4-6,9-10H2,1-3H3. The Labute approximate surface area is 142 Å². The molecule has 2 N–H and O–H groups in total. The predicted octanol–water partition coefficient (Wildman–Crippen LogP) is 3.60. The van der Waals surface area contributed by atoms with Gasteiger partial charge in [-0.2, -0.15) is 0 Å². The van der Waals surface area contributed by atoms with Crippen molar-refractivity contribution in [3.8, 4) is 0 Å². The largest absolute Gasteiger partial charge is 0.385 e. The van der Waals surface area contributed by atoms with Gasteiger partial charge in [-0.25, -0.2) is 18.1 Å². The quantitative estimate of drug-likeness (QED) is 0.710. The van der Waals surface area contributed by atoms with E-state index in [9.17, 15) is 8.42 Å². The van der Waals surface area contributed by atoms with E-state index in [0.29, 0.717) is 6.54 Å². The first-order valence-corrected chi connectivity index (χ1v) is 10.2. The minimum Gasteiger partial charge on any atom is -0.385 e. The lowest BCUT2D eigenvalue weighted by Crippen LogP contribution is -2.39. The minimum absolute atomic E-state index is 0.506. The molecule has 2 aromatic rings. The van der Waals surface area contributed by atoms with E-state index in [4.69, 9.17) is 0 Å². The van der Waals surface area contributed by atoms with Crippen LogP contribution >= 0.6 is 11.3 Å². The third kappa shape index (κ3) is 5.16. The predicted molar refractivity (Wildman–Crippen MR) is 98.6 cm³/mol. The van der Waals surface area contributed by atoms with Crippen molar-refractivity contribution in [2.45, 2.75) is 44.8 Å². The topological polar surface area (TPSA) is 71.1 Å². The summed E-state index contributed by atoms with van der Waals surface area (Å²) in [6.07, 6.45) is 2.85. The molecule has 0 spiro atoms. The van der Waals surface area contributed by atoms with E-state index in [0.717, 1.165) is 37.0 Å².